The van der Waals surface area contributed by atoms with E-state index < -0.39 is 6.10 Å². The molecule has 0 fully saturated rings. The van der Waals surface area contributed by atoms with E-state index in [-0.39, 0.29) is 11.9 Å². The maximum absolute atomic E-state index is 12.1. The standard InChI is InChI=1S/C16H20N2O3S/c1-3-22-15-7-6-12(10-17-15)16(20)18-11(2)9-13(19)14-5-4-8-21-14/h4-8,10-11,13,19H,3,9H2,1-2H3,(H,18,20). The minimum atomic E-state index is -0.730. The average molecular weight is 320 g/mol. The molecule has 2 unspecified atom stereocenters. The Kier molecular flexibility index (Phi) is 6.03. The van der Waals surface area contributed by atoms with Crippen molar-refractivity contribution in [3.8, 4) is 0 Å². The highest BCUT2D eigenvalue weighted by Gasteiger charge is 2.17. The van der Waals surface area contributed by atoms with Crippen LogP contribution < -0.4 is 5.32 Å². The van der Waals surface area contributed by atoms with Gasteiger partial charge in [0.25, 0.3) is 5.91 Å². The molecule has 0 spiro atoms. The highest BCUT2D eigenvalue weighted by atomic mass is 32.2. The zero-order chi connectivity index (χ0) is 15.9. The van der Waals surface area contributed by atoms with Gasteiger partial charge >= 0.3 is 0 Å². The molecule has 0 radical (unpaired) electrons. The van der Waals surface area contributed by atoms with Crippen LogP contribution in [0.5, 0.6) is 0 Å². The lowest BCUT2D eigenvalue weighted by atomic mass is 10.1. The highest BCUT2D eigenvalue weighted by Crippen LogP contribution is 2.19. The van der Waals surface area contributed by atoms with Crippen molar-refractivity contribution in [2.45, 2.75) is 37.4 Å². The first-order chi connectivity index (χ1) is 10.6. The number of pyridine rings is 1. The van der Waals surface area contributed by atoms with Crippen molar-refractivity contribution in [3.63, 3.8) is 0 Å². The lowest BCUT2D eigenvalue weighted by Crippen LogP contribution is -2.33. The predicted molar refractivity (Wildman–Crippen MR) is 85.8 cm³/mol. The Morgan fingerprint density at radius 2 is 2.27 bits per heavy atom. The molecule has 1 amide bonds. The molecule has 0 saturated heterocycles. The van der Waals surface area contributed by atoms with E-state index in [0.717, 1.165) is 10.8 Å². The first-order valence-corrected chi connectivity index (χ1v) is 8.20. The summed E-state index contributed by atoms with van der Waals surface area (Å²) >= 11 is 1.63. The van der Waals surface area contributed by atoms with Gasteiger partial charge in [0.15, 0.2) is 0 Å². The monoisotopic (exact) mass is 320 g/mol. The van der Waals surface area contributed by atoms with E-state index in [4.69, 9.17) is 4.42 Å². The fraction of sp³-hybridized carbons (Fsp3) is 0.375. The third kappa shape index (κ3) is 4.61. The Labute approximate surface area is 134 Å². The molecule has 2 rings (SSSR count). The largest absolute Gasteiger partial charge is 0.467 e. The second-order valence-electron chi connectivity index (χ2n) is 4.96. The summed E-state index contributed by atoms with van der Waals surface area (Å²) in [7, 11) is 0. The van der Waals surface area contributed by atoms with E-state index in [0.29, 0.717) is 17.7 Å². The molecule has 0 aliphatic carbocycles. The predicted octanol–water partition coefficient (Wildman–Crippen LogP) is 3.03. The summed E-state index contributed by atoms with van der Waals surface area (Å²) < 4.78 is 5.15. The van der Waals surface area contributed by atoms with Gasteiger partial charge in [0.1, 0.15) is 11.9 Å². The Bertz CT molecular complexity index is 584. The molecule has 118 valence electrons. The summed E-state index contributed by atoms with van der Waals surface area (Å²) in [6.45, 7) is 3.90. The van der Waals surface area contributed by atoms with Gasteiger partial charge in [-0.25, -0.2) is 4.98 Å². The number of hydrogen-bond donors (Lipinski definition) is 2. The lowest BCUT2D eigenvalue weighted by molar-refractivity contribution is 0.0902. The number of nitrogens with one attached hydrogen (secondary N) is 1. The van der Waals surface area contributed by atoms with Crippen LogP contribution in [0.1, 0.15) is 42.5 Å². The van der Waals surface area contributed by atoms with Crippen LogP contribution in [0.25, 0.3) is 0 Å². The number of carbonyl (C=O) groups excluding carboxylic acids is 1. The van der Waals surface area contributed by atoms with Crippen LogP contribution in [0.2, 0.25) is 0 Å². The Hall–Kier alpha value is -1.79. The summed E-state index contributed by atoms with van der Waals surface area (Å²) in [5.41, 5.74) is 0.514. The van der Waals surface area contributed by atoms with E-state index in [2.05, 4.69) is 17.2 Å². The van der Waals surface area contributed by atoms with Crippen LogP contribution in [-0.2, 0) is 0 Å². The van der Waals surface area contributed by atoms with Gasteiger partial charge in [-0.2, -0.15) is 0 Å². The number of aliphatic hydroxyl groups is 1. The molecular formula is C16H20N2O3S. The molecule has 0 aliphatic heterocycles. The first kappa shape index (κ1) is 16.6. The van der Waals surface area contributed by atoms with Crippen molar-refractivity contribution >= 4 is 17.7 Å². The Balaban J connectivity index is 1.87. The van der Waals surface area contributed by atoms with Gasteiger partial charge < -0.3 is 14.8 Å². The van der Waals surface area contributed by atoms with Crippen LogP contribution in [-0.4, -0.2) is 27.8 Å². The van der Waals surface area contributed by atoms with Crippen molar-refractivity contribution in [1.29, 1.82) is 0 Å². The summed E-state index contributed by atoms with van der Waals surface area (Å²) in [4.78, 5) is 16.4. The average Bonchev–Trinajstić information content (AvgIpc) is 3.02. The van der Waals surface area contributed by atoms with Crippen molar-refractivity contribution in [3.05, 3.63) is 48.0 Å². The molecule has 2 atom stereocenters. The summed E-state index contributed by atoms with van der Waals surface area (Å²) in [6, 6.07) is 6.86. The second-order valence-corrected chi connectivity index (χ2v) is 6.24. The van der Waals surface area contributed by atoms with Crippen molar-refractivity contribution < 1.29 is 14.3 Å². The fourth-order valence-corrected chi connectivity index (χ4v) is 2.63. The van der Waals surface area contributed by atoms with Crippen LogP contribution in [0.15, 0.2) is 46.2 Å². The van der Waals surface area contributed by atoms with Crippen molar-refractivity contribution in [2.24, 2.45) is 0 Å². The summed E-state index contributed by atoms with van der Waals surface area (Å²) in [5.74, 6) is 1.25. The molecule has 2 heterocycles. The van der Waals surface area contributed by atoms with Crippen LogP contribution in [0.3, 0.4) is 0 Å². The molecule has 22 heavy (non-hydrogen) atoms. The number of amides is 1. The molecule has 2 aromatic rings. The Morgan fingerprint density at radius 1 is 1.45 bits per heavy atom. The Morgan fingerprint density at radius 3 is 2.86 bits per heavy atom. The smallest absolute Gasteiger partial charge is 0.253 e. The first-order valence-electron chi connectivity index (χ1n) is 7.21. The summed E-state index contributed by atoms with van der Waals surface area (Å²) in [5, 5.41) is 13.8. The van der Waals surface area contributed by atoms with E-state index in [9.17, 15) is 9.90 Å². The van der Waals surface area contributed by atoms with Gasteiger partial charge in [0.2, 0.25) is 0 Å². The zero-order valence-electron chi connectivity index (χ0n) is 12.7. The quantitative estimate of drug-likeness (QED) is 0.767. The number of thioether (sulfide) groups is 1. The van der Waals surface area contributed by atoms with Crippen LogP contribution >= 0.6 is 11.8 Å². The molecule has 0 saturated carbocycles. The van der Waals surface area contributed by atoms with Crippen molar-refractivity contribution in [1.82, 2.24) is 10.3 Å². The minimum Gasteiger partial charge on any atom is -0.467 e. The number of furan rings is 1. The van der Waals surface area contributed by atoms with Gasteiger partial charge in [-0.1, -0.05) is 6.92 Å². The topological polar surface area (TPSA) is 75.4 Å². The van der Waals surface area contributed by atoms with Gasteiger partial charge in [0.05, 0.1) is 16.9 Å². The van der Waals surface area contributed by atoms with Gasteiger partial charge in [-0.15, -0.1) is 11.8 Å². The number of carbonyl (C=O) groups is 1. The number of hydrogen-bond acceptors (Lipinski definition) is 5. The summed E-state index contributed by atoms with van der Waals surface area (Å²) in [6.07, 6.45) is 2.75. The molecular weight excluding hydrogens is 300 g/mol. The van der Waals surface area contributed by atoms with Gasteiger partial charge in [-0.05, 0) is 36.9 Å². The number of nitrogens with zero attached hydrogens (tertiary/aromatic N) is 1. The molecule has 5 nitrogen and oxygen atoms in total. The maximum atomic E-state index is 12.1. The molecule has 0 bridgehead atoms. The van der Waals surface area contributed by atoms with Gasteiger partial charge in [-0.3, -0.25) is 4.79 Å². The number of rotatable bonds is 7. The molecule has 0 aliphatic rings. The second kappa shape index (κ2) is 8.00. The number of aromatic nitrogens is 1. The van der Waals surface area contributed by atoms with Crippen molar-refractivity contribution in [2.75, 3.05) is 5.75 Å². The van der Waals surface area contributed by atoms with Gasteiger partial charge in [0, 0.05) is 18.7 Å². The zero-order valence-corrected chi connectivity index (χ0v) is 13.5. The minimum absolute atomic E-state index is 0.183. The highest BCUT2D eigenvalue weighted by molar-refractivity contribution is 7.99. The third-order valence-corrected chi connectivity index (χ3v) is 3.94. The van der Waals surface area contributed by atoms with E-state index >= 15 is 0 Å². The van der Waals surface area contributed by atoms with Crippen LogP contribution in [0.4, 0.5) is 0 Å². The fourth-order valence-electron chi connectivity index (χ4n) is 2.05. The van der Waals surface area contributed by atoms with E-state index in [1.165, 1.54) is 6.26 Å². The normalized spacial score (nSPS) is 13.6. The number of aliphatic hydroxyl groups excluding tert-OH is 1. The molecule has 2 N–H and O–H groups in total. The third-order valence-electron chi connectivity index (χ3n) is 3.12. The lowest BCUT2D eigenvalue weighted by Gasteiger charge is -2.16. The van der Waals surface area contributed by atoms with Crippen LogP contribution in [0, 0.1) is 0 Å². The SMILES string of the molecule is CCSc1ccc(C(=O)NC(C)CC(O)c2ccco2)cn1. The van der Waals surface area contributed by atoms with E-state index in [1.807, 2.05) is 13.0 Å². The molecule has 0 aromatic carbocycles. The molecule has 6 heteroatoms. The van der Waals surface area contributed by atoms with E-state index in [1.54, 1.807) is 36.2 Å². The molecule has 2 aromatic heterocycles. The maximum Gasteiger partial charge on any atom is 0.253 e.